The quantitative estimate of drug-likeness (QED) is 0.293. The predicted octanol–water partition coefficient (Wildman–Crippen LogP) is 6.06. The Bertz CT molecular complexity index is 1920. The first-order chi connectivity index (χ1) is 18.5. The standard InChI is InChI=1S/C30H23N7O/c1-19(35-29-25(31-2)17-33-24-13-8-14-32-28(24)29)26-15-20-9-7-12-23(21-16-34-36(3)18-21)27(20)30(38)37(26)22-10-5-4-6-11-22/h4-19H,1,3H3,(H,33,35)/t19-/m0/s1. The van der Waals surface area contributed by atoms with Gasteiger partial charge in [0, 0.05) is 42.6 Å². The molecule has 184 valence electrons. The molecule has 1 atom stereocenters. The van der Waals surface area contributed by atoms with Crippen LogP contribution in [0.4, 0.5) is 11.4 Å². The van der Waals surface area contributed by atoms with Crippen molar-refractivity contribution >= 4 is 33.2 Å². The lowest BCUT2D eigenvalue weighted by Crippen LogP contribution is -2.26. The third-order valence-electron chi connectivity index (χ3n) is 6.64. The van der Waals surface area contributed by atoms with Crippen LogP contribution in [0.25, 0.3) is 43.5 Å². The Morgan fingerprint density at radius 2 is 1.84 bits per heavy atom. The minimum absolute atomic E-state index is 0.125. The molecule has 0 fully saturated rings. The van der Waals surface area contributed by atoms with Crippen molar-refractivity contribution in [3.05, 3.63) is 119 Å². The number of nitrogens with one attached hydrogen (secondary N) is 1. The van der Waals surface area contributed by atoms with Crippen LogP contribution in [-0.2, 0) is 7.05 Å². The third-order valence-corrected chi connectivity index (χ3v) is 6.64. The largest absolute Gasteiger partial charge is 0.384 e. The Kier molecular flexibility index (Phi) is 5.66. The van der Waals surface area contributed by atoms with Crippen LogP contribution in [0.2, 0.25) is 0 Å². The summed E-state index contributed by atoms with van der Waals surface area (Å²) in [5.74, 6) is 0. The van der Waals surface area contributed by atoms with Gasteiger partial charge in [0.2, 0.25) is 5.69 Å². The van der Waals surface area contributed by atoms with Gasteiger partial charge in [-0.3, -0.25) is 24.0 Å². The highest BCUT2D eigenvalue weighted by Crippen LogP contribution is 2.35. The fraction of sp³-hybridized carbons (Fsp3) is 0.100. The van der Waals surface area contributed by atoms with E-state index in [9.17, 15) is 4.79 Å². The number of benzene rings is 2. The van der Waals surface area contributed by atoms with E-state index in [0.29, 0.717) is 27.8 Å². The van der Waals surface area contributed by atoms with Gasteiger partial charge in [-0.05, 0) is 48.2 Å². The fourth-order valence-electron chi connectivity index (χ4n) is 4.87. The maximum absolute atomic E-state index is 14.3. The first-order valence-electron chi connectivity index (χ1n) is 12.2. The van der Waals surface area contributed by atoms with Gasteiger partial charge >= 0.3 is 0 Å². The number of nitrogens with zero attached hydrogens (tertiary/aromatic N) is 6. The lowest BCUT2D eigenvalue weighted by Gasteiger charge is -2.23. The topological polar surface area (TPSA) is 82.0 Å². The second-order valence-electron chi connectivity index (χ2n) is 9.09. The van der Waals surface area contributed by atoms with Crippen molar-refractivity contribution in [1.82, 2.24) is 24.3 Å². The minimum atomic E-state index is -0.345. The van der Waals surface area contributed by atoms with E-state index in [4.69, 9.17) is 6.57 Å². The Balaban J connectivity index is 1.59. The fourth-order valence-corrected chi connectivity index (χ4v) is 4.87. The van der Waals surface area contributed by atoms with Crippen molar-refractivity contribution in [3.63, 3.8) is 0 Å². The van der Waals surface area contributed by atoms with E-state index >= 15 is 0 Å². The molecule has 0 saturated heterocycles. The first-order valence-corrected chi connectivity index (χ1v) is 12.2. The zero-order valence-electron chi connectivity index (χ0n) is 20.8. The van der Waals surface area contributed by atoms with Crippen LogP contribution in [0.3, 0.4) is 0 Å². The SMILES string of the molecule is [C-]#[N+]c1cnc2cccnc2c1N[C@@H](C)c1cc2cccc(-c3cnn(C)c3)c2c(=O)n1-c1ccccc1. The molecule has 4 aromatic heterocycles. The number of aryl methyl sites for hydroxylation is 1. The molecule has 38 heavy (non-hydrogen) atoms. The van der Waals surface area contributed by atoms with Crippen LogP contribution in [0.1, 0.15) is 18.7 Å². The van der Waals surface area contributed by atoms with Gasteiger partial charge in [0.25, 0.3) is 5.56 Å². The maximum atomic E-state index is 14.3. The molecule has 2 aromatic carbocycles. The molecule has 0 unspecified atom stereocenters. The monoisotopic (exact) mass is 497 g/mol. The third kappa shape index (κ3) is 3.87. The molecule has 8 nitrogen and oxygen atoms in total. The number of hydrogen-bond donors (Lipinski definition) is 1. The van der Waals surface area contributed by atoms with Crippen molar-refractivity contribution in [2.45, 2.75) is 13.0 Å². The summed E-state index contributed by atoms with van der Waals surface area (Å²) in [5, 5.41) is 9.24. The number of rotatable bonds is 5. The zero-order chi connectivity index (χ0) is 26.2. The summed E-state index contributed by atoms with van der Waals surface area (Å²) < 4.78 is 3.47. The molecule has 6 rings (SSSR count). The van der Waals surface area contributed by atoms with Crippen LogP contribution in [0.15, 0.2) is 96.3 Å². The Morgan fingerprint density at radius 1 is 1.00 bits per heavy atom. The summed E-state index contributed by atoms with van der Waals surface area (Å²) in [5.41, 5.74) is 5.37. The van der Waals surface area contributed by atoms with Crippen molar-refractivity contribution in [3.8, 4) is 16.8 Å². The molecule has 8 heteroatoms. The average Bonchev–Trinajstić information content (AvgIpc) is 3.39. The Hall–Kier alpha value is -5.29. The molecule has 4 heterocycles. The van der Waals surface area contributed by atoms with Crippen molar-refractivity contribution in [2.24, 2.45) is 7.05 Å². The number of pyridine rings is 3. The van der Waals surface area contributed by atoms with Crippen molar-refractivity contribution < 1.29 is 0 Å². The molecule has 6 aromatic rings. The van der Waals surface area contributed by atoms with Gasteiger partial charge in [-0.2, -0.15) is 5.10 Å². The molecular weight excluding hydrogens is 474 g/mol. The van der Waals surface area contributed by atoms with Gasteiger partial charge in [-0.15, -0.1) is 0 Å². The van der Waals surface area contributed by atoms with Gasteiger partial charge in [0.1, 0.15) is 5.52 Å². The molecule has 0 bridgehead atoms. The smallest absolute Gasteiger partial charge is 0.263 e. The average molecular weight is 498 g/mol. The van der Waals surface area contributed by atoms with Gasteiger partial charge in [0.05, 0.1) is 35.4 Å². The highest BCUT2D eigenvalue weighted by molar-refractivity contribution is 5.97. The van der Waals surface area contributed by atoms with Crippen molar-refractivity contribution in [2.75, 3.05) is 5.32 Å². The van der Waals surface area contributed by atoms with Gasteiger partial charge < -0.3 is 5.32 Å². The number of fused-ring (bicyclic) bond motifs is 2. The van der Waals surface area contributed by atoms with E-state index in [1.165, 1.54) is 0 Å². The van der Waals surface area contributed by atoms with Crippen LogP contribution < -0.4 is 10.9 Å². The van der Waals surface area contributed by atoms with Crippen LogP contribution in [-0.4, -0.2) is 24.3 Å². The highest BCUT2D eigenvalue weighted by Gasteiger charge is 2.21. The van der Waals surface area contributed by atoms with Gasteiger partial charge in [-0.25, -0.2) is 4.85 Å². The summed E-state index contributed by atoms with van der Waals surface area (Å²) >= 11 is 0. The first kappa shape index (κ1) is 23.1. The van der Waals surface area contributed by atoms with E-state index in [-0.39, 0.29) is 11.6 Å². The summed E-state index contributed by atoms with van der Waals surface area (Å²) in [7, 11) is 1.86. The molecule has 0 radical (unpaired) electrons. The summed E-state index contributed by atoms with van der Waals surface area (Å²) in [6.07, 6.45) is 6.92. The second kappa shape index (κ2) is 9.30. The Labute approximate surface area is 218 Å². The van der Waals surface area contributed by atoms with Crippen LogP contribution in [0, 0.1) is 6.57 Å². The maximum Gasteiger partial charge on any atom is 0.263 e. The molecule has 0 saturated carbocycles. The molecule has 0 spiro atoms. The number of hydrogen-bond acceptors (Lipinski definition) is 5. The van der Waals surface area contributed by atoms with Crippen LogP contribution in [0.5, 0.6) is 0 Å². The van der Waals surface area contributed by atoms with E-state index < -0.39 is 0 Å². The predicted molar refractivity (Wildman–Crippen MR) is 150 cm³/mol. The van der Waals surface area contributed by atoms with E-state index in [1.807, 2.05) is 86.9 Å². The van der Waals surface area contributed by atoms with E-state index in [1.54, 1.807) is 27.8 Å². The molecule has 0 aliphatic carbocycles. The summed E-state index contributed by atoms with van der Waals surface area (Å²) in [6, 6.07) is 20.8. The van der Waals surface area contributed by atoms with E-state index in [0.717, 1.165) is 27.9 Å². The number of anilines is 1. The number of aromatic nitrogens is 5. The van der Waals surface area contributed by atoms with Gasteiger partial charge in [0.15, 0.2) is 0 Å². The molecule has 1 N–H and O–H groups in total. The van der Waals surface area contributed by atoms with Gasteiger partial charge in [-0.1, -0.05) is 36.4 Å². The normalized spacial score (nSPS) is 11.9. The summed E-state index contributed by atoms with van der Waals surface area (Å²) in [4.78, 5) is 26.8. The molecule has 0 aliphatic rings. The van der Waals surface area contributed by atoms with Crippen LogP contribution >= 0.6 is 0 Å². The van der Waals surface area contributed by atoms with Crippen molar-refractivity contribution in [1.29, 1.82) is 0 Å². The lowest BCUT2D eigenvalue weighted by atomic mass is 9.99. The Morgan fingerprint density at radius 3 is 2.61 bits per heavy atom. The second-order valence-corrected chi connectivity index (χ2v) is 9.09. The van der Waals surface area contributed by atoms with E-state index in [2.05, 4.69) is 25.2 Å². The highest BCUT2D eigenvalue weighted by atomic mass is 16.1. The molecule has 0 aliphatic heterocycles. The number of para-hydroxylation sites is 1. The molecule has 0 amide bonds. The zero-order valence-corrected chi connectivity index (χ0v) is 20.8. The minimum Gasteiger partial charge on any atom is -0.384 e. The molecular formula is C30H23N7O. The summed E-state index contributed by atoms with van der Waals surface area (Å²) in [6.45, 7) is 9.67. The lowest BCUT2D eigenvalue weighted by molar-refractivity contribution is 0.768.